The molecule has 0 radical (unpaired) electrons. The van der Waals surface area contributed by atoms with Gasteiger partial charge in [0.15, 0.2) is 0 Å². The predicted molar refractivity (Wildman–Crippen MR) is 76.5 cm³/mol. The fourth-order valence-electron chi connectivity index (χ4n) is 2.62. The third kappa shape index (κ3) is 2.96. The first-order chi connectivity index (χ1) is 9.38. The van der Waals surface area contributed by atoms with E-state index in [1.165, 1.54) is 6.07 Å². The summed E-state index contributed by atoms with van der Waals surface area (Å²) in [6.07, 6.45) is 2.38. The van der Waals surface area contributed by atoms with Gasteiger partial charge in [-0.25, -0.2) is 0 Å². The Hall–Kier alpha value is -1.95. The Bertz CT molecular complexity index is 557. The standard InChI is InChI=1S/C14H19N3O3/c1-8-6-13(17(19)20)9(2)5-12(8)16-14(18)10-3-4-11(15)7-10/h5-6,10-11H,3-4,7,15H2,1-2H3,(H,16,18). The normalized spacial score (nSPS) is 21.8. The van der Waals surface area contributed by atoms with Crippen LogP contribution in [0.1, 0.15) is 30.4 Å². The summed E-state index contributed by atoms with van der Waals surface area (Å²) in [5.74, 6) is -0.103. The van der Waals surface area contributed by atoms with Gasteiger partial charge in [0.1, 0.15) is 0 Å². The summed E-state index contributed by atoms with van der Waals surface area (Å²) in [5.41, 5.74) is 7.75. The fraction of sp³-hybridized carbons (Fsp3) is 0.500. The van der Waals surface area contributed by atoms with Crippen molar-refractivity contribution in [1.82, 2.24) is 0 Å². The molecule has 1 aromatic carbocycles. The van der Waals surface area contributed by atoms with Crippen molar-refractivity contribution < 1.29 is 9.72 Å². The quantitative estimate of drug-likeness (QED) is 0.654. The minimum atomic E-state index is -0.413. The van der Waals surface area contributed by atoms with Gasteiger partial charge >= 0.3 is 0 Å². The summed E-state index contributed by atoms with van der Waals surface area (Å²) in [6.45, 7) is 3.42. The molecule has 1 aliphatic rings. The van der Waals surface area contributed by atoms with Crippen LogP contribution in [-0.2, 0) is 4.79 Å². The van der Waals surface area contributed by atoms with Gasteiger partial charge < -0.3 is 11.1 Å². The van der Waals surface area contributed by atoms with Crippen LogP contribution >= 0.6 is 0 Å². The highest BCUT2D eigenvalue weighted by molar-refractivity contribution is 5.93. The molecule has 2 atom stereocenters. The molecule has 2 rings (SSSR count). The number of nitro benzene ring substituents is 1. The van der Waals surface area contributed by atoms with Crippen molar-refractivity contribution in [3.05, 3.63) is 33.4 Å². The van der Waals surface area contributed by atoms with Gasteiger partial charge in [0, 0.05) is 29.3 Å². The molecule has 1 fully saturated rings. The van der Waals surface area contributed by atoms with E-state index >= 15 is 0 Å². The molecule has 0 saturated heterocycles. The minimum Gasteiger partial charge on any atom is -0.328 e. The van der Waals surface area contributed by atoms with Crippen molar-refractivity contribution in [2.45, 2.75) is 39.2 Å². The Labute approximate surface area is 117 Å². The molecule has 0 aliphatic heterocycles. The zero-order chi connectivity index (χ0) is 14.9. The van der Waals surface area contributed by atoms with E-state index in [-0.39, 0.29) is 23.6 Å². The van der Waals surface area contributed by atoms with E-state index in [0.29, 0.717) is 23.2 Å². The maximum Gasteiger partial charge on any atom is 0.272 e. The van der Waals surface area contributed by atoms with Crippen molar-refractivity contribution in [2.24, 2.45) is 11.7 Å². The molecule has 6 heteroatoms. The van der Waals surface area contributed by atoms with Gasteiger partial charge in [-0.1, -0.05) is 0 Å². The second kappa shape index (κ2) is 5.58. The lowest BCUT2D eigenvalue weighted by atomic mass is 10.1. The molecule has 1 saturated carbocycles. The van der Waals surface area contributed by atoms with Gasteiger partial charge in [-0.05, 0) is 44.7 Å². The van der Waals surface area contributed by atoms with Gasteiger partial charge in [-0.15, -0.1) is 0 Å². The Morgan fingerprint density at radius 1 is 1.35 bits per heavy atom. The fourth-order valence-corrected chi connectivity index (χ4v) is 2.62. The molecule has 0 spiro atoms. The smallest absolute Gasteiger partial charge is 0.272 e. The number of amides is 1. The summed E-state index contributed by atoms with van der Waals surface area (Å²) in [7, 11) is 0. The summed E-state index contributed by atoms with van der Waals surface area (Å²) >= 11 is 0. The number of aryl methyl sites for hydroxylation is 2. The lowest BCUT2D eigenvalue weighted by Crippen LogP contribution is -2.23. The number of rotatable bonds is 3. The van der Waals surface area contributed by atoms with Crippen LogP contribution in [-0.4, -0.2) is 16.9 Å². The SMILES string of the molecule is Cc1cc([N+](=O)[O-])c(C)cc1NC(=O)C1CCC(N)C1. The first-order valence-electron chi connectivity index (χ1n) is 6.70. The van der Waals surface area contributed by atoms with Crippen molar-refractivity contribution >= 4 is 17.3 Å². The summed E-state index contributed by atoms with van der Waals surface area (Å²) < 4.78 is 0. The molecule has 1 aromatic rings. The number of anilines is 1. The van der Waals surface area contributed by atoms with Crippen molar-refractivity contribution in [1.29, 1.82) is 0 Å². The number of benzene rings is 1. The summed E-state index contributed by atoms with van der Waals surface area (Å²) in [5, 5.41) is 13.7. The molecule has 0 aromatic heterocycles. The number of nitrogens with two attached hydrogens (primary N) is 1. The highest BCUT2D eigenvalue weighted by atomic mass is 16.6. The van der Waals surface area contributed by atoms with Crippen LogP contribution in [0.15, 0.2) is 12.1 Å². The topological polar surface area (TPSA) is 98.3 Å². The lowest BCUT2D eigenvalue weighted by Gasteiger charge is -2.13. The van der Waals surface area contributed by atoms with E-state index in [4.69, 9.17) is 5.73 Å². The third-order valence-corrected chi connectivity index (χ3v) is 3.84. The Morgan fingerprint density at radius 2 is 2.05 bits per heavy atom. The summed E-state index contributed by atoms with van der Waals surface area (Å²) in [4.78, 5) is 22.6. The van der Waals surface area contributed by atoms with E-state index < -0.39 is 4.92 Å². The van der Waals surface area contributed by atoms with E-state index in [9.17, 15) is 14.9 Å². The minimum absolute atomic E-state index is 0.0469. The van der Waals surface area contributed by atoms with Crippen LogP contribution in [0.4, 0.5) is 11.4 Å². The molecule has 1 amide bonds. The zero-order valence-electron chi connectivity index (χ0n) is 11.7. The molecular weight excluding hydrogens is 258 g/mol. The zero-order valence-corrected chi connectivity index (χ0v) is 11.7. The van der Waals surface area contributed by atoms with E-state index in [2.05, 4.69) is 5.32 Å². The molecule has 0 bridgehead atoms. The van der Waals surface area contributed by atoms with Crippen molar-refractivity contribution in [3.63, 3.8) is 0 Å². The third-order valence-electron chi connectivity index (χ3n) is 3.84. The highest BCUT2D eigenvalue weighted by Gasteiger charge is 2.28. The van der Waals surface area contributed by atoms with Crippen LogP contribution in [0, 0.1) is 29.9 Å². The Morgan fingerprint density at radius 3 is 2.60 bits per heavy atom. The van der Waals surface area contributed by atoms with Gasteiger partial charge in [0.25, 0.3) is 5.69 Å². The van der Waals surface area contributed by atoms with Crippen LogP contribution in [0.25, 0.3) is 0 Å². The largest absolute Gasteiger partial charge is 0.328 e. The van der Waals surface area contributed by atoms with Crippen LogP contribution in [0.3, 0.4) is 0 Å². The second-order valence-electron chi connectivity index (χ2n) is 5.47. The molecule has 2 unspecified atom stereocenters. The molecule has 20 heavy (non-hydrogen) atoms. The van der Waals surface area contributed by atoms with Crippen molar-refractivity contribution in [2.75, 3.05) is 5.32 Å². The van der Waals surface area contributed by atoms with E-state index in [0.717, 1.165) is 12.8 Å². The van der Waals surface area contributed by atoms with Gasteiger partial charge in [0.2, 0.25) is 5.91 Å². The van der Waals surface area contributed by atoms with E-state index in [1.54, 1.807) is 19.9 Å². The Kier molecular flexibility index (Phi) is 4.04. The number of carbonyl (C=O) groups is 1. The number of nitrogens with zero attached hydrogens (tertiary/aromatic N) is 1. The number of nitrogens with one attached hydrogen (secondary N) is 1. The monoisotopic (exact) mass is 277 g/mol. The number of hydrogen-bond acceptors (Lipinski definition) is 4. The lowest BCUT2D eigenvalue weighted by molar-refractivity contribution is -0.385. The van der Waals surface area contributed by atoms with Gasteiger partial charge in [-0.3, -0.25) is 14.9 Å². The second-order valence-corrected chi connectivity index (χ2v) is 5.47. The highest BCUT2D eigenvalue weighted by Crippen LogP contribution is 2.29. The molecular formula is C14H19N3O3. The maximum absolute atomic E-state index is 12.1. The van der Waals surface area contributed by atoms with Crippen molar-refractivity contribution in [3.8, 4) is 0 Å². The molecule has 3 N–H and O–H groups in total. The number of carbonyl (C=O) groups excluding carboxylic acids is 1. The van der Waals surface area contributed by atoms with Gasteiger partial charge in [-0.2, -0.15) is 0 Å². The van der Waals surface area contributed by atoms with Crippen LogP contribution < -0.4 is 11.1 Å². The molecule has 0 heterocycles. The average molecular weight is 277 g/mol. The maximum atomic E-state index is 12.1. The van der Waals surface area contributed by atoms with Crippen LogP contribution in [0.2, 0.25) is 0 Å². The number of hydrogen-bond donors (Lipinski definition) is 2. The first kappa shape index (κ1) is 14.5. The summed E-state index contributed by atoms with van der Waals surface area (Å²) in [6, 6.07) is 3.25. The molecule has 1 aliphatic carbocycles. The van der Waals surface area contributed by atoms with Crippen LogP contribution in [0.5, 0.6) is 0 Å². The van der Waals surface area contributed by atoms with Gasteiger partial charge in [0.05, 0.1) is 4.92 Å². The van der Waals surface area contributed by atoms with E-state index in [1.807, 2.05) is 0 Å². The number of nitro groups is 1. The first-order valence-corrected chi connectivity index (χ1v) is 6.70. The molecule has 6 nitrogen and oxygen atoms in total. The predicted octanol–water partition coefficient (Wildman–Crippen LogP) is 2.28. The Balaban J connectivity index is 2.15. The molecule has 108 valence electrons. The average Bonchev–Trinajstić information content (AvgIpc) is 2.79.